The summed E-state index contributed by atoms with van der Waals surface area (Å²) in [5, 5.41) is 5.78. The number of anilines is 1. The molecule has 2 heterocycles. The standard InChI is InChI=1S/C20H26N4O5/c1-11(13-5-7-24(8-6-13)19(27)12(2)29-20(21)28)22-18(26)14-3-4-16-15(9-14)10-17(25)23-16/h3-4,9,11-13H,5-8,10H2,1-2H3,(H2,21,28)(H,22,26)(H,23,25). The fourth-order valence-corrected chi connectivity index (χ4v) is 3.88. The molecule has 0 bridgehead atoms. The molecule has 2 atom stereocenters. The number of piperidine rings is 1. The normalized spacial score (nSPS) is 18.4. The highest BCUT2D eigenvalue weighted by Crippen LogP contribution is 2.25. The Morgan fingerprint density at radius 1 is 1.24 bits per heavy atom. The number of benzene rings is 1. The van der Waals surface area contributed by atoms with E-state index in [0.717, 1.165) is 24.1 Å². The van der Waals surface area contributed by atoms with E-state index >= 15 is 0 Å². The van der Waals surface area contributed by atoms with Crippen molar-refractivity contribution in [2.75, 3.05) is 18.4 Å². The van der Waals surface area contributed by atoms with E-state index in [-0.39, 0.29) is 36.1 Å². The zero-order valence-corrected chi connectivity index (χ0v) is 16.6. The van der Waals surface area contributed by atoms with E-state index in [4.69, 9.17) is 10.5 Å². The van der Waals surface area contributed by atoms with Crippen LogP contribution in [0.25, 0.3) is 0 Å². The Morgan fingerprint density at radius 2 is 1.93 bits per heavy atom. The lowest BCUT2D eigenvalue weighted by Crippen LogP contribution is -2.48. The predicted octanol–water partition coefficient (Wildman–Crippen LogP) is 1.02. The number of nitrogens with two attached hydrogens (primary N) is 1. The summed E-state index contributed by atoms with van der Waals surface area (Å²) < 4.78 is 4.74. The Labute approximate surface area is 168 Å². The number of amides is 4. The van der Waals surface area contributed by atoms with Gasteiger partial charge in [0.25, 0.3) is 11.8 Å². The van der Waals surface area contributed by atoms with Gasteiger partial charge in [0.1, 0.15) is 0 Å². The SMILES string of the molecule is CC(OC(N)=O)C(=O)N1CCC(C(C)NC(=O)c2ccc3c(c2)CC(=O)N3)CC1. The summed E-state index contributed by atoms with van der Waals surface area (Å²) in [5.74, 6) is -0.280. The van der Waals surface area contributed by atoms with E-state index in [0.29, 0.717) is 18.7 Å². The van der Waals surface area contributed by atoms with Crippen molar-refractivity contribution in [2.24, 2.45) is 11.7 Å². The van der Waals surface area contributed by atoms with Crippen molar-refractivity contribution >= 4 is 29.5 Å². The second kappa shape index (κ2) is 8.50. The van der Waals surface area contributed by atoms with Crippen LogP contribution in [0.4, 0.5) is 10.5 Å². The molecular formula is C20H26N4O5. The van der Waals surface area contributed by atoms with Crippen LogP contribution < -0.4 is 16.4 Å². The highest BCUT2D eigenvalue weighted by atomic mass is 16.6. The van der Waals surface area contributed by atoms with Crippen molar-refractivity contribution in [3.8, 4) is 0 Å². The van der Waals surface area contributed by atoms with Crippen LogP contribution in [-0.2, 0) is 20.7 Å². The molecule has 2 aliphatic rings. The minimum absolute atomic E-state index is 0.0629. The van der Waals surface area contributed by atoms with E-state index in [2.05, 4.69) is 10.6 Å². The van der Waals surface area contributed by atoms with Gasteiger partial charge >= 0.3 is 6.09 Å². The van der Waals surface area contributed by atoms with Gasteiger partial charge in [-0.2, -0.15) is 0 Å². The number of carbonyl (C=O) groups is 4. The molecule has 2 unspecified atom stereocenters. The van der Waals surface area contributed by atoms with E-state index in [9.17, 15) is 19.2 Å². The van der Waals surface area contributed by atoms with Crippen molar-refractivity contribution in [1.82, 2.24) is 10.2 Å². The summed E-state index contributed by atoms with van der Waals surface area (Å²) in [5.41, 5.74) is 7.07. The minimum atomic E-state index is -0.969. The van der Waals surface area contributed by atoms with Gasteiger partial charge in [0, 0.05) is 30.4 Å². The van der Waals surface area contributed by atoms with Crippen molar-refractivity contribution < 1.29 is 23.9 Å². The van der Waals surface area contributed by atoms with Gasteiger partial charge in [-0.1, -0.05) is 0 Å². The number of primary amides is 1. The third-order valence-electron chi connectivity index (χ3n) is 5.55. The molecule has 29 heavy (non-hydrogen) atoms. The number of fused-ring (bicyclic) bond motifs is 1. The van der Waals surface area contributed by atoms with E-state index < -0.39 is 12.2 Å². The largest absolute Gasteiger partial charge is 0.437 e. The first-order valence-corrected chi connectivity index (χ1v) is 9.73. The molecule has 9 heteroatoms. The fourth-order valence-electron chi connectivity index (χ4n) is 3.88. The lowest BCUT2D eigenvalue weighted by Gasteiger charge is -2.36. The van der Waals surface area contributed by atoms with Crippen molar-refractivity contribution in [2.45, 2.75) is 45.3 Å². The molecule has 0 saturated carbocycles. The van der Waals surface area contributed by atoms with Gasteiger partial charge in [0.2, 0.25) is 5.91 Å². The molecule has 0 aliphatic carbocycles. The average Bonchev–Trinajstić information content (AvgIpc) is 3.06. The van der Waals surface area contributed by atoms with Crippen LogP contribution in [0.5, 0.6) is 0 Å². The molecule has 156 valence electrons. The maximum atomic E-state index is 12.6. The van der Waals surface area contributed by atoms with Gasteiger partial charge in [-0.15, -0.1) is 0 Å². The third kappa shape index (κ3) is 4.85. The van der Waals surface area contributed by atoms with Gasteiger partial charge in [0.15, 0.2) is 6.10 Å². The van der Waals surface area contributed by atoms with E-state index in [1.807, 2.05) is 6.92 Å². The zero-order valence-electron chi connectivity index (χ0n) is 16.6. The number of hydrogen-bond acceptors (Lipinski definition) is 5. The lowest BCUT2D eigenvalue weighted by atomic mass is 9.90. The Balaban J connectivity index is 1.51. The Hall–Kier alpha value is -3.10. The number of carbonyl (C=O) groups excluding carboxylic acids is 4. The molecule has 0 aromatic heterocycles. The Morgan fingerprint density at radius 3 is 2.59 bits per heavy atom. The highest BCUT2D eigenvalue weighted by molar-refractivity contribution is 6.01. The fraction of sp³-hybridized carbons (Fsp3) is 0.500. The third-order valence-corrected chi connectivity index (χ3v) is 5.55. The molecule has 0 radical (unpaired) electrons. The van der Waals surface area contributed by atoms with Crippen molar-refractivity contribution in [3.05, 3.63) is 29.3 Å². The number of likely N-dealkylation sites (tertiary alicyclic amines) is 1. The monoisotopic (exact) mass is 402 g/mol. The first-order valence-electron chi connectivity index (χ1n) is 9.73. The van der Waals surface area contributed by atoms with Crippen LogP contribution in [0.2, 0.25) is 0 Å². The average molecular weight is 402 g/mol. The van der Waals surface area contributed by atoms with Crippen LogP contribution in [-0.4, -0.2) is 54.0 Å². The quantitative estimate of drug-likeness (QED) is 0.677. The second-order valence-corrected chi connectivity index (χ2v) is 7.60. The summed E-state index contributed by atoms with van der Waals surface area (Å²) in [6.45, 7) is 4.52. The molecular weight excluding hydrogens is 376 g/mol. The number of rotatable bonds is 5. The Bertz CT molecular complexity index is 832. The minimum Gasteiger partial charge on any atom is -0.437 e. The van der Waals surface area contributed by atoms with Crippen molar-refractivity contribution in [1.29, 1.82) is 0 Å². The van der Waals surface area contributed by atoms with E-state index in [1.54, 1.807) is 23.1 Å². The van der Waals surface area contributed by atoms with Crippen LogP contribution in [0.1, 0.15) is 42.6 Å². The van der Waals surface area contributed by atoms with Crippen molar-refractivity contribution in [3.63, 3.8) is 0 Å². The van der Waals surface area contributed by atoms with E-state index in [1.165, 1.54) is 6.92 Å². The molecule has 9 nitrogen and oxygen atoms in total. The molecule has 2 aliphatic heterocycles. The molecule has 1 saturated heterocycles. The summed E-state index contributed by atoms with van der Waals surface area (Å²) in [7, 11) is 0. The highest BCUT2D eigenvalue weighted by Gasteiger charge is 2.30. The van der Waals surface area contributed by atoms with Crippen LogP contribution in [0.15, 0.2) is 18.2 Å². The van der Waals surface area contributed by atoms with Crippen LogP contribution in [0.3, 0.4) is 0 Å². The predicted molar refractivity (Wildman–Crippen MR) is 105 cm³/mol. The first-order chi connectivity index (χ1) is 13.7. The summed E-state index contributed by atoms with van der Waals surface area (Å²) >= 11 is 0. The summed E-state index contributed by atoms with van der Waals surface area (Å²) in [6, 6.07) is 5.14. The number of nitrogens with one attached hydrogen (secondary N) is 2. The number of ether oxygens (including phenoxy) is 1. The summed E-state index contributed by atoms with van der Waals surface area (Å²) in [4.78, 5) is 48.8. The Kier molecular flexibility index (Phi) is 6.05. The van der Waals surface area contributed by atoms with Crippen LogP contribution in [0, 0.1) is 5.92 Å². The molecule has 0 spiro atoms. The molecule has 4 N–H and O–H groups in total. The topological polar surface area (TPSA) is 131 Å². The lowest BCUT2D eigenvalue weighted by molar-refractivity contribution is -0.140. The van der Waals surface area contributed by atoms with Gasteiger partial charge in [-0.25, -0.2) is 4.79 Å². The second-order valence-electron chi connectivity index (χ2n) is 7.60. The van der Waals surface area contributed by atoms with Gasteiger partial charge in [-0.3, -0.25) is 14.4 Å². The number of hydrogen-bond donors (Lipinski definition) is 3. The smallest absolute Gasteiger partial charge is 0.405 e. The zero-order chi connectivity index (χ0) is 21.1. The molecule has 3 rings (SSSR count). The first kappa shape index (κ1) is 20.6. The van der Waals surface area contributed by atoms with Gasteiger partial charge in [-0.05, 0) is 56.4 Å². The summed E-state index contributed by atoms with van der Waals surface area (Å²) in [6.07, 6.45) is -0.111. The molecule has 1 aromatic rings. The maximum Gasteiger partial charge on any atom is 0.405 e. The maximum absolute atomic E-state index is 12.6. The molecule has 1 fully saturated rings. The number of nitrogens with zero attached hydrogens (tertiary/aromatic N) is 1. The van der Waals surface area contributed by atoms with Gasteiger partial charge in [0.05, 0.1) is 6.42 Å². The van der Waals surface area contributed by atoms with Crippen LogP contribution >= 0.6 is 0 Å². The molecule has 1 aromatic carbocycles. The van der Waals surface area contributed by atoms with Gasteiger partial charge < -0.3 is 26.0 Å². The molecule has 4 amide bonds.